The minimum atomic E-state index is -2.49. The molecule has 6 N–H and O–H groups in total. The smallest absolute Gasteiger partial charge is 0.367 e. The monoisotopic (exact) mass is 449 g/mol. The summed E-state index contributed by atoms with van der Waals surface area (Å²) in [6, 6.07) is 18.9. The van der Waals surface area contributed by atoms with Gasteiger partial charge in [0.05, 0.1) is 0 Å². The number of ether oxygens (including phenoxy) is 3. The number of rotatable bonds is 9. The van der Waals surface area contributed by atoms with Crippen molar-refractivity contribution in [1.29, 1.82) is 0 Å². The number of carbonyl (C=O) groups is 3. The van der Waals surface area contributed by atoms with Crippen LogP contribution in [0, 0.1) is 0 Å². The van der Waals surface area contributed by atoms with Crippen molar-refractivity contribution < 1.29 is 28.6 Å². The number of esters is 2. The van der Waals surface area contributed by atoms with Crippen molar-refractivity contribution in [3.63, 3.8) is 0 Å². The molecule has 0 fully saturated rings. The Morgan fingerprint density at radius 2 is 1.03 bits per heavy atom. The molecule has 0 amide bonds. The number of anilines is 3. The zero-order chi connectivity index (χ0) is 23.8. The zero-order valence-corrected chi connectivity index (χ0v) is 17.6. The van der Waals surface area contributed by atoms with Crippen LogP contribution in [0.15, 0.2) is 72.8 Å². The Bertz CT molecular complexity index is 1050. The third kappa shape index (κ3) is 5.40. The van der Waals surface area contributed by atoms with Gasteiger partial charge >= 0.3 is 17.5 Å². The van der Waals surface area contributed by atoms with E-state index in [1.54, 1.807) is 48.5 Å². The molecule has 0 saturated heterocycles. The Balaban J connectivity index is 1.90. The van der Waals surface area contributed by atoms with Crippen LogP contribution in [-0.4, -0.2) is 18.4 Å². The van der Waals surface area contributed by atoms with E-state index < -0.39 is 17.5 Å². The second-order valence-corrected chi connectivity index (χ2v) is 7.15. The molecule has 0 aromatic heterocycles. The van der Waals surface area contributed by atoms with Crippen LogP contribution in [0.2, 0.25) is 0 Å². The van der Waals surface area contributed by atoms with Gasteiger partial charge in [0.2, 0.25) is 0 Å². The maximum atomic E-state index is 13.2. The molecule has 3 aromatic rings. The van der Waals surface area contributed by atoms with Crippen molar-refractivity contribution in [3.05, 3.63) is 89.5 Å². The maximum Gasteiger partial charge on any atom is 0.367 e. The summed E-state index contributed by atoms with van der Waals surface area (Å²) in [6.45, 7) is -0.391. The number of hydrogen-bond donors (Lipinski definition) is 3. The van der Waals surface area contributed by atoms with Gasteiger partial charge < -0.3 is 31.4 Å². The fourth-order valence-corrected chi connectivity index (χ4v) is 3.00. The van der Waals surface area contributed by atoms with E-state index in [1.807, 2.05) is 0 Å². The highest BCUT2D eigenvalue weighted by molar-refractivity contribution is 6.05. The van der Waals surface area contributed by atoms with Crippen LogP contribution >= 0.6 is 0 Å². The average molecular weight is 449 g/mol. The summed E-state index contributed by atoms with van der Waals surface area (Å²) < 4.78 is 15.8. The lowest BCUT2D eigenvalue weighted by Crippen LogP contribution is -2.48. The molecule has 0 aliphatic rings. The molecule has 0 atom stereocenters. The van der Waals surface area contributed by atoms with E-state index in [-0.39, 0.29) is 25.2 Å². The van der Waals surface area contributed by atoms with Crippen molar-refractivity contribution in [1.82, 2.24) is 0 Å². The largest absolute Gasteiger partial charge is 0.457 e. The van der Waals surface area contributed by atoms with Gasteiger partial charge in [-0.3, -0.25) is 4.79 Å². The SMILES string of the molecule is Nc1ccc(COC(=O)C(OC=O)(C(=O)OCc2ccc(N)cc2)c2ccc(N)cc2)cc1. The fraction of sp³-hybridized carbons (Fsp3) is 0.125. The van der Waals surface area contributed by atoms with Crippen LogP contribution in [0.4, 0.5) is 17.1 Å². The van der Waals surface area contributed by atoms with E-state index >= 15 is 0 Å². The Kier molecular flexibility index (Phi) is 7.14. The van der Waals surface area contributed by atoms with Gasteiger partial charge in [-0.05, 0) is 47.5 Å². The first kappa shape index (κ1) is 23.1. The normalized spacial score (nSPS) is 10.8. The van der Waals surface area contributed by atoms with E-state index in [2.05, 4.69) is 0 Å². The number of nitrogens with two attached hydrogens (primary N) is 3. The van der Waals surface area contributed by atoms with Crippen LogP contribution in [0.1, 0.15) is 16.7 Å². The van der Waals surface area contributed by atoms with Gasteiger partial charge in [-0.1, -0.05) is 36.4 Å². The van der Waals surface area contributed by atoms with E-state index in [9.17, 15) is 14.4 Å². The summed E-state index contributed by atoms with van der Waals surface area (Å²) in [4.78, 5) is 37.8. The van der Waals surface area contributed by atoms with Gasteiger partial charge in [-0.25, -0.2) is 9.59 Å². The Hall–Kier alpha value is -4.53. The first-order chi connectivity index (χ1) is 15.8. The average Bonchev–Trinajstić information content (AvgIpc) is 2.82. The van der Waals surface area contributed by atoms with Crippen LogP contribution in [-0.2, 0) is 47.4 Å². The van der Waals surface area contributed by atoms with Crippen LogP contribution in [0.3, 0.4) is 0 Å². The molecule has 0 heterocycles. The van der Waals surface area contributed by atoms with E-state index in [4.69, 9.17) is 31.4 Å². The molecular weight excluding hydrogens is 426 g/mol. The molecule has 33 heavy (non-hydrogen) atoms. The van der Waals surface area contributed by atoms with E-state index in [1.165, 1.54) is 24.3 Å². The highest BCUT2D eigenvalue weighted by atomic mass is 16.6. The first-order valence-electron chi connectivity index (χ1n) is 9.86. The topological polar surface area (TPSA) is 157 Å². The summed E-state index contributed by atoms with van der Waals surface area (Å²) >= 11 is 0. The summed E-state index contributed by atoms with van der Waals surface area (Å²) in [7, 11) is 0. The molecular formula is C24H23N3O6. The lowest BCUT2D eigenvalue weighted by atomic mass is 9.93. The summed E-state index contributed by atoms with van der Waals surface area (Å²) in [5, 5.41) is 0. The number of nitrogen functional groups attached to an aromatic ring is 3. The predicted molar refractivity (Wildman–Crippen MR) is 121 cm³/mol. The molecule has 0 aliphatic heterocycles. The van der Waals surface area contributed by atoms with E-state index in [0.717, 1.165) is 0 Å². The number of hydrogen-bond acceptors (Lipinski definition) is 9. The molecule has 9 nitrogen and oxygen atoms in total. The van der Waals surface area contributed by atoms with Gasteiger partial charge in [0.25, 0.3) is 6.47 Å². The Morgan fingerprint density at radius 1 is 0.667 bits per heavy atom. The molecule has 3 aromatic carbocycles. The van der Waals surface area contributed by atoms with Gasteiger partial charge in [-0.15, -0.1) is 0 Å². The van der Waals surface area contributed by atoms with E-state index in [0.29, 0.717) is 28.2 Å². The maximum absolute atomic E-state index is 13.2. The first-order valence-corrected chi connectivity index (χ1v) is 9.86. The molecule has 9 heteroatoms. The second kappa shape index (κ2) is 10.2. The summed E-state index contributed by atoms with van der Waals surface area (Å²) in [5.41, 5.74) is 17.3. The molecule has 0 spiro atoms. The van der Waals surface area contributed by atoms with Crippen molar-refractivity contribution in [3.8, 4) is 0 Å². The summed E-state index contributed by atoms with van der Waals surface area (Å²) in [5.74, 6) is -2.25. The van der Waals surface area contributed by atoms with Crippen LogP contribution in [0.5, 0.6) is 0 Å². The third-order valence-electron chi connectivity index (χ3n) is 4.82. The molecule has 3 rings (SSSR count). The summed E-state index contributed by atoms with van der Waals surface area (Å²) in [6.07, 6.45) is 0. The van der Waals surface area contributed by atoms with Gasteiger partial charge in [0.1, 0.15) is 13.2 Å². The quantitative estimate of drug-likeness (QED) is 0.147. The minimum Gasteiger partial charge on any atom is -0.457 e. The van der Waals surface area contributed by atoms with Gasteiger partial charge in [0.15, 0.2) is 0 Å². The predicted octanol–water partition coefficient (Wildman–Crippen LogP) is 2.29. The highest BCUT2D eigenvalue weighted by Crippen LogP contribution is 2.31. The molecule has 0 unspecified atom stereocenters. The van der Waals surface area contributed by atoms with Gasteiger partial charge in [-0.2, -0.15) is 0 Å². The van der Waals surface area contributed by atoms with Crippen molar-refractivity contribution in [2.75, 3.05) is 17.2 Å². The standard InChI is InChI=1S/C24H23N3O6/c25-19-7-1-16(2-8-19)13-31-22(29)24(33-15-28,18-5-11-21(27)12-6-18)23(30)32-14-17-3-9-20(26)10-4-17/h1-12,15H,13-14,25-27H2. The number of carbonyl (C=O) groups excluding carboxylic acids is 3. The molecule has 0 aliphatic carbocycles. The highest BCUT2D eigenvalue weighted by Gasteiger charge is 2.54. The van der Waals surface area contributed by atoms with Crippen LogP contribution in [0.25, 0.3) is 0 Å². The van der Waals surface area contributed by atoms with Crippen LogP contribution < -0.4 is 17.2 Å². The Morgan fingerprint density at radius 3 is 1.39 bits per heavy atom. The minimum absolute atomic E-state index is 0.00862. The number of benzene rings is 3. The Labute approximate surface area is 190 Å². The van der Waals surface area contributed by atoms with Crippen molar-refractivity contribution >= 4 is 35.5 Å². The third-order valence-corrected chi connectivity index (χ3v) is 4.82. The molecule has 0 saturated carbocycles. The van der Waals surface area contributed by atoms with Crippen molar-refractivity contribution in [2.24, 2.45) is 0 Å². The lowest BCUT2D eigenvalue weighted by molar-refractivity contribution is -0.194. The van der Waals surface area contributed by atoms with Gasteiger partial charge in [0, 0.05) is 22.6 Å². The lowest BCUT2D eigenvalue weighted by Gasteiger charge is -2.28. The fourth-order valence-electron chi connectivity index (χ4n) is 3.00. The second-order valence-electron chi connectivity index (χ2n) is 7.15. The molecule has 0 radical (unpaired) electrons. The molecule has 0 bridgehead atoms. The van der Waals surface area contributed by atoms with Crippen molar-refractivity contribution in [2.45, 2.75) is 18.8 Å². The molecule has 170 valence electrons. The zero-order valence-electron chi connectivity index (χ0n) is 17.6.